The molecular weight excluding hydrogens is 292 g/mol. The Morgan fingerprint density at radius 3 is 2.72 bits per heavy atom. The largest absolute Gasteiger partial charge is 0.466 e. The average Bonchev–Trinajstić information content (AvgIpc) is 2.78. The monoisotopic (exact) mass is 314 g/mol. The number of hydrogen-bond donors (Lipinski definition) is 1. The fraction of sp³-hybridized carbons (Fsp3) is 0.714. The van der Waals surface area contributed by atoms with Crippen molar-refractivity contribution in [3.63, 3.8) is 0 Å². The maximum Gasteiger partial charge on any atom is 0.136 e. The van der Waals surface area contributed by atoms with Crippen LogP contribution in [0.2, 0.25) is 0 Å². The molecule has 2 rings (SSSR count). The highest BCUT2D eigenvalue weighted by atomic mass is 79.9. The van der Waals surface area contributed by atoms with Crippen LogP contribution in [-0.4, -0.2) is 25.0 Å². The summed E-state index contributed by atoms with van der Waals surface area (Å²) in [4.78, 5) is 2.35. The Morgan fingerprint density at radius 2 is 2.17 bits per heavy atom. The summed E-state index contributed by atoms with van der Waals surface area (Å²) in [6.45, 7) is 1.71. The van der Waals surface area contributed by atoms with E-state index in [9.17, 15) is 0 Å². The fourth-order valence-electron chi connectivity index (χ4n) is 2.93. The number of nitrogens with two attached hydrogens (primary N) is 1. The lowest BCUT2D eigenvalue weighted by Gasteiger charge is -2.31. The molecule has 0 bridgehead atoms. The van der Waals surface area contributed by atoms with Gasteiger partial charge in [-0.2, -0.15) is 0 Å². The molecule has 0 radical (unpaired) electrons. The van der Waals surface area contributed by atoms with Crippen molar-refractivity contribution in [2.45, 2.75) is 38.1 Å². The van der Waals surface area contributed by atoms with E-state index in [1.165, 1.54) is 32.1 Å². The standard InChI is InChI=1S/C14H23BrN2O/c1-17(10-11-5-3-2-4-6-11)13(9-16)14-12(15)7-8-18-14/h7-8,11,13H,2-6,9-10,16H2,1H3. The summed E-state index contributed by atoms with van der Waals surface area (Å²) in [6.07, 6.45) is 8.62. The molecule has 1 fully saturated rings. The van der Waals surface area contributed by atoms with E-state index < -0.39 is 0 Å². The molecule has 0 aliphatic heterocycles. The number of hydrogen-bond acceptors (Lipinski definition) is 3. The Kier molecular flexibility index (Phi) is 5.27. The summed E-state index contributed by atoms with van der Waals surface area (Å²) < 4.78 is 6.58. The van der Waals surface area contributed by atoms with Crippen LogP contribution in [0, 0.1) is 5.92 Å². The molecule has 1 aromatic rings. The summed E-state index contributed by atoms with van der Waals surface area (Å²) in [6, 6.07) is 2.11. The fourth-order valence-corrected chi connectivity index (χ4v) is 3.40. The molecule has 0 amide bonds. The van der Waals surface area contributed by atoms with Gasteiger partial charge in [0.15, 0.2) is 0 Å². The third-order valence-electron chi connectivity index (χ3n) is 3.97. The molecule has 2 N–H and O–H groups in total. The van der Waals surface area contributed by atoms with Crippen molar-refractivity contribution in [1.82, 2.24) is 4.90 Å². The van der Waals surface area contributed by atoms with Crippen molar-refractivity contribution in [3.05, 3.63) is 22.6 Å². The highest BCUT2D eigenvalue weighted by Gasteiger charge is 2.24. The van der Waals surface area contributed by atoms with Crippen molar-refractivity contribution in [1.29, 1.82) is 0 Å². The molecule has 1 heterocycles. The van der Waals surface area contributed by atoms with Crippen LogP contribution in [-0.2, 0) is 0 Å². The second-order valence-electron chi connectivity index (χ2n) is 5.33. The van der Waals surface area contributed by atoms with Crippen molar-refractivity contribution in [2.75, 3.05) is 20.1 Å². The minimum atomic E-state index is 0.177. The van der Waals surface area contributed by atoms with Gasteiger partial charge in [-0.15, -0.1) is 0 Å². The number of halogens is 1. The lowest BCUT2D eigenvalue weighted by molar-refractivity contribution is 0.168. The molecule has 102 valence electrons. The van der Waals surface area contributed by atoms with Crippen LogP contribution in [0.25, 0.3) is 0 Å². The Morgan fingerprint density at radius 1 is 1.44 bits per heavy atom. The lowest BCUT2D eigenvalue weighted by Crippen LogP contribution is -2.34. The number of rotatable bonds is 5. The first-order valence-corrected chi connectivity index (χ1v) is 7.65. The van der Waals surface area contributed by atoms with Gasteiger partial charge in [0, 0.05) is 13.1 Å². The van der Waals surface area contributed by atoms with Gasteiger partial charge in [-0.3, -0.25) is 4.90 Å². The second-order valence-corrected chi connectivity index (χ2v) is 6.18. The summed E-state index contributed by atoms with van der Waals surface area (Å²) in [5, 5.41) is 0. The van der Waals surface area contributed by atoms with Gasteiger partial charge < -0.3 is 10.2 Å². The molecule has 1 saturated carbocycles. The molecule has 1 aromatic heterocycles. The molecule has 1 aliphatic carbocycles. The Hall–Kier alpha value is -0.320. The topological polar surface area (TPSA) is 42.4 Å². The smallest absolute Gasteiger partial charge is 0.136 e. The van der Waals surface area contributed by atoms with Gasteiger partial charge in [-0.25, -0.2) is 0 Å². The summed E-state index contributed by atoms with van der Waals surface area (Å²) in [7, 11) is 2.15. The number of furan rings is 1. The molecule has 0 aromatic carbocycles. The molecular formula is C14H23BrN2O. The van der Waals surface area contributed by atoms with E-state index in [0.29, 0.717) is 6.54 Å². The van der Waals surface area contributed by atoms with Gasteiger partial charge in [0.2, 0.25) is 0 Å². The Balaban J connectivity index is 1.97. The van der Waals surface area contributed by atoms with Crippen molar-refractivity contribution in [3.8, 4) is 0 Å². The van der Waals surface area contributed by atoms with Gasteiger partial charge in [0.1, 0.15) is 5.76 Å². The molecule has 18 heavy (non-hydrogen) atoms. The van der Waals surface area contributed by atoms with Gasteiger partial charge >= 0.3 is 0 Å². The predicted octanol–water partition coefficient (Wildman–Crippen LogP) is 3.55. The predicted molar refractivity (Wildman–Crippen MR) is 77.4 cm³/mol. The highest BCUT2D eigenvalue weighted by molar-refractivity contribution is 9.10. The van der Waals surface area contributed by atoms with E-state index in [4.69, 9.17) is 10.2 Å². The van der Waals surface area contributed by atoms with Gasteiger partial charge in [0.05, 0.1) is 16.8 Å². The third kappa shape index (κ3) is 3.37. The van der Waals surface area contributed by atoms with Gasteiger partial charge in [-0.1, -0.05) is 19.3 Å². The number of nitrogens with zero attached hydrogens (tertiary/aromatic N) is 1. The normalized spacial score (nSPS) is 19.3. The third-order valence-corrected chi connectivity index (χ3v) is 4.63. The maximum atomic E-state index is 5.92. The van der Waals surface area contributed by atoms with E-state index in [0.717, 1.165) is 22.7 Å². The average molecular weight is 315 g/mol. The zero-order valence-corrected chi connectivity index (χ0v) is 12.7. The van der Waals surface area contributed by atoms with E-state index in [2.05, 4.69) is 27.9 Å². The Labute approximate surface area is 118 Å². The van der Waals surface area contributed by atoms with Crippen LogP contribution in [0.3, 0.4) is 0 Å². The first-order valence-electron chi connectivity index (χ1n) is 6.85. The van der Waals surface area contributed by atoms with E-state index >= 15 is 0 Å². The van der Waals surface area contributed by atoms with Crippen LogP contribution in [0.4, 0.5) is 0 Å². The summed E-state index contributed by atoms with van der Waals surface area (Å²) in [5.41, 5.74) is 5.92. The van der Waals surface area contributed by atoms with Gasteiger partial charge in [-0.05, 0) is 47.8 Å². The highest BCUT2D eigenvalue weighted by Crippen LogP contribution is 2.30. The first kappa shape index (κ1) is 14.1. The van der Waals surface area contributed by atoms with Gasteiger partial charge in [0.25, 0.3) is 0 Å². The molecule has 1 aliphatic rings. The summed E-state index contributed by atoms with van der Waals surface area (Å²) >= 11 is 3.53. The molecule has 1 unspecified atom stereocenters. The molecule has 0 spiro atoms. The molecule has 3 nitrogen and oxygen atoms in total. The zero-order chi connectivity index (χ0) is 13.0. The van der Waals surface area contributed by atoms with Crippen molar-refractivity contribution in [2.24, 2.45) is 11.7 Å². The maximum absolute atomic E-state index is 5.92. The molecule has 0 saturated heterocycles. The second kappa shape index (κ2) is 6.73. The van der Waals surface area contributed by atoms with Crippen molar-refractivity contribution < 1.29 is 4.42 Å². The Bertz CT molecular complexity index is 360. The minimum Gasteiger partial charge on any atom is -0.466 e. The molecule has 4 heteroatoms. The van der Waals surface area contributed by atoms with Crippen LogP contribution in [0.15, 0.2) is 21.2 Å². The lowest BCUT2D eigenvalue weighted by atomic mass is 9.88. The van der Waals surface area contributed by atoms with Crippen LogP contribution >= 0.6 is 15.9 Å². The first-order chi connectivity index (χ1) is 8.72. The zero-order valence-electron chi connectivity index (χ0n) is 11.1. The summed E-state index contributed by atoms with van der Waals surface area (Å²) in [5.74, 6) is 1.78. The SMILES string of the molecule is CN(CC1CCCCC1)C(CN)c1occc1Br. The number of likely N-dealkylation sites (N-methyl/N-ethyl adjacent to an activating group) is 1. The quantitative estimate of drug-likeness (QED) is 0.903. The van der Waals surface area contributed by atoms with E-state index in [1.807, 2.05) is 6.07 Å². The van der Waals surface area contributed by atoms with Crippen LogP contribution < -0.4 is 5.73 Å². The van der Waals surface area contributed by atoms with Crippen LogP contribution in [0.5, 0.6) is 0 Å². The minimum absolute atomic E-state index is 0.177. The van der Waals surface area contributed by atoms with Crippen LogP contribution in [0.1, 0.15) is 43.9 Å². The van der Waals surface area contributed by atoms with E-state index in [-0.39, 0.29) is 6.04 Å². The van der Waals surface area contributed by atoms with Crippen molar-refractivity contribution >= 4 is 15.9 Å². The molecule has 1 atom stereocenters. The van der Waals surface area contributed by atoms with E-state index in [1.54, 1.807) is 6.26 Å².